The lowest BCUT2D eigenvalue weighted by Crippen LogP contribution is -2.22. The molecule has 0 radical (unpaired) electrons. The minimum atomic E-state index is 0.274. The number of thiophene rings is 1. The maximum atomic E-state index is 5.30. The van der Waals surface area contributed by atoms with Crippen LogP contribution in [0.3, 0.4) is 0 Å². The Bertz CT molecular complexity index is 470. The Kier molecular flexibility index (Phi) is 3.55. The van der Waals surface area contributed by atoms with Gasteiger partial charge in [0.05, 0.1) is 6.04 Å². The lowest BCUT2D eigenvalue weighted by molar-refractivity contribution is 0.740. The first-order valence-electron chi connectivity index (χ1n) is 5.28. The van der Waals surface area contributed by atoms with Crippen molar-refractivity contribution in [3.8, 4) is 0 Å². The summed E-state index contributed by atoms with van der Waals surface area (Å²) in [6.45, 7) is 2.14. The van der Waals surface area contributed by atoms with E-state index in [1.165, 1.54) is 4.88 Å². The van der Waals surface area contributed by atoms with Gasteiger partial charge in [0.15, 0.2) is 0 Å². The average molecular weight is 249 g/mol. The van der Waals surface area contributed by atoms with Gasteiger partial charge in [0.2, 0.25) is 5.95 Å². The SMILES string of the molecule is CC(c1cccs1)N(C)c1ccnc(NN)n1. The van der Waals surface area contributed by atoms with Crippen LogP contribution in [-0.4, -0.2) is 17.0 Å². The zero-order valence-electron chi connectivity index (χ0n) is 9.79. The molecule has 0 amide bonds. The monoisotopic (exact) mass is 249 g/mol. The van der Waals surface area contributed by atoms with Crippen LogP contribution in [-0.2, 0) is 0 Å². The number of aromatic nitrogens is 2. The zero-order chi connectivity index (χ0) is 12.3. The summed E-state index contributed by atoms with van der Waals surface area (Å²) in [5.74, 6) is 6.56. The van der Waals surface area contributed by atoms with Gasteiger partial charge < -0.3 is 4.90 Å². The number of hydrogen-bond acceptors (Lipinski definition) is 6. The molecule has 0 aliphatic heterocycles. The number of nitrogens with one attached hydrogen (secondary N) is 1. The second kappa shape index (κ2) is 5.11. The van der Waals surface area contributed by atoms with Crippen LogP contribution in [0.1, 0.15) is 17.8 Å². The van der Waals surface area contributed by atoms with Crippen molar-refractivity contribution in [1.29, 1.82) is 0 Å². The van der Waals surface area contributed by atoms with Gasteiger partial charge in [-0.15, -0.1) is 11.3 Å². The van der Waals surface area contributed by atoms with Gasteiger partial charge in [0.1, 0.15) is 5.82 Å². The molecule has 0 saturated carbocycles. The van der Waals surface area contributed by atoms with Crippen molar-refractivity contribution in [2.45, 2.75) is 13.0 Å². The van der Waals surface area contributed by atoms with E-state index in [4.69, 9.17) is 5.84 Å². The van der Waals surface area contributed by atoms with Gasteiger partial charge in [0, 0.05) is 18.1 Å². The van der Waals surface area contributed by atoms with Crippen molar-refractivity contribution in [3.63, 3.8) is 0 Å². The van der Waals surface area contributed by atoms with Crippen molar-refractivity contribution in [3.05, 3.63) is 34.7 Å². The number of hydrazine groups is 1. The Hall–Kier alpha value is -1.66. The highest BCUT2D eigenvalue weighted by Gasteiger charge is 2.14. The Morgan fingerprint density at radius 1 is 1.47 bits per heavy atom. The van der Waals surface area contributed by atoms with Crippen LogP contribution in [0.15, 0.2) is 29.8 Å². The van der Waals surface area contributed by atoms with Crippen molar-refractivity contribution in [2.24, 2.45) is 5.84 Å². The van der Waals surface area contributed by atoms with E-state index < -0.39 is 0 Å². The predicted molar refractivity (Wildman–Crippen MR) is 71.0 cm³/mol. The number of nitrogen functional groups attached to an aromatic ring is 1. The van der Waals surface area contributed by atoms with E-state index in [-0.39, 0.29) is 6.04 Å². The van der Waals surface area contributed by atoms with Crippen LogP contribution >= 0.6 is 11.3 Å². The standard InChI is InChI=1S/C11H15N5S/c1-8(9-4-3-7-17-9)16(2)10-5-6-13-11(14-10)15-12/h3-8H,12H2,1-2H3,(H,13,14,15). The Morgan fingerprint density at radius 3 is 2.94 bits per heavy atom. The van der Waals surface area contributed by atoms with Gasteiger partial charge in [-0.3, -0.25) is 5.43 Å². The number of nitrogens with zero attached hydrogens (tertiary/aromatic N) is 3. The average Bonchev–Trinajstić information content (AvgIpc) is 2.91. The molecule has 0 bridgehead atoms. The van der Waals surface area contributed by atoms with Crippen LogP contribution in [0.4, 0.5) is 11.8 Å². The highest BCUT2D eigenvalue weighted by atomic mass is 32.1. The van der Waals surface area contributed by atoms with E-state index in [1.54, 1.807) is 17.5 Å². The molecule has 0 saturated heterocycles. The molecular formula is C11H15N5S. The van der Waals surface area contributed by atoms with E-state index in [0.717, 1.165) is 5.82 Å². The minimum absolute atomic E-state index is 0.274. The van der Waals surface area contributed by atoms with Gasteiger partial charge in [-0.1, -0.05) is 6.07 Å². The van der Waals surface area contributed by atoms with Crippen LogP contribution in [0.25, 0.3) is 0 Å². The summed E-state index contributed by atoms with van der Waals surface area (Å²) in [5, 5.41) is 2.08. The van der Waals surface area contributed by atoms with E-state index in [9.17, 15) is 0 Å². The molecule has 3 N–H and O–H groups in total. The molecule has 2 aromatic heterocycles. The molecule has 1 atom stereocenters. The fraction of sp³-hybridized carbons (Fsp3) is 0.273. The molecule has 17 heavy (non-hydrogen) atoms. The smallest absolute Gasteiger partial charge is 0.239 e. The Labute approximate surface area is 104 Å². The summed E-state index contributed by atoms with van der Waals surface area (Å²) in [6.07, 6.45) is 1.69. The maximum Gasteiger partial charge on any atom is 0.239 e. The summed E-state index contributed by atoms with van der Waals surface area (Å²) in [4.78, 5) is 11.7. The fourth-order valence-electron chi connectivity index (χ4n) is 1.53. The predicted octanol–water partition coefficient (Wildman–Crippen LogP) is 2.02. The molecule has 0 aliphatic carbocycles. The summed E-state index contributed by atoms with van der Waals surface area (Å²) < 4.78 is 0. The second-order valence-electron chi connectivity index (χ2n) is 3.69. The van der Waals surface area contributed by atoms with E-state index in [1.807, 2.05) is 13.1 Å². The van der Waals surface area contributed by atoms with Crippen LogP contribution in [0, 0.1) is 0 Å². The first-order chi connectivity index (χ1) is 8.22. The van der Waals surface area contributed by atoms with Crippen molar-refractivity contribution in [1.82, 2.24) is 9.97 Å². The fourth-order valence-corrected chi connectivity index (χ4v) is 2.36. The molecule has 90 valence electrons. The molecular weight excluding hydrogens is 234 g/mol. The summed E-state index contributed by atoms with van der Waals surface area (Å²) in [5.41, 5.74) is 2.45. The second-order valence-corrected chi connectivity index (χ2v) is 4.66. The highest BCUT2D eigenvalue weighted by Crippen LogP contribution is 2.26. The van der Waals surface area contributed by atoms with Gasteiger partial charge in [-0.2, -0.15) is 4.98 Å². The van der Waals surface area contributed by atoms with Gasteiger partial charge in [-0.25, -0.2) is 10.8 Å². The minimum Gasteiger partial charge on any atom is -0.352 e. The molecule has 2 aromatic rings. The summed E-state index contributed by atoms with van der Waals surface area (Å²) >= 11 is 1.74. The molecule has 5 nitrogen and oxygen atoms in total. The molecule has 1 unspecified atom stereocenters. The van der Waals surface area contributed by atoms with E-state index in [2.05, 4.69) is 44.7 Å². The number of nitrogens with two attached hydrogens (primary N) is 1. The van der Waals surface area contributed by atoms with Crippen molar-refractivity contribution in [2.75, 3.05) is 17.4 Å². The summed E-state index contributed by atoms with van der Waals surface area (Å²) in [6, 6.07) is 6.31. The zero-order valence-corrected chi connectivity index (χ0v) is 10.6. The van der Waals surface area contributed by atoms with Crippen LogP contribution in [0.2, 0.25) is 0 Å². The maximum absolute atomic E-state index is 5.30. The molecule has 2 rings (SSSR count). The molecule has 0 aromatic carbocycles. The lowest BCUT2D eigenvalue weighted by Gasteiger charge is -2.25. The molecule has 2 heterocycles. The number of anilines is 2. The Balaban J connectivity index is 2.21. The van der Waals surface area contributed by atoms with Gasteiger partial charge in [0.25, 0.3) is 0 Å². The molecule has 0 fully saturated rings. The van der Waals surface area contributed by atoms with E-state index in [0.29, 0.717) is 5.95 Å². The number of rotatable bonds is 4. The normalized spacial score (nSPS) is 12.2. The third-order valence-corrected chi connectivity index (χ3v) is 3.71. The van der Waals surface area contributed by atoms with Gasteiger partial charge in [-0.05, 0) is 24.4 Å². The lowest BCUT2D eigenvalue weighted by atomic mass is 10.2. The van der Waals surface area contributed by atoms with Gasteiger partial charge >= 0.3 is 0 Å². The van der Waals surface area contributed by atoms with Crippen molar-refractivity contribution >= 4 is 23.1 Å². The van der Waals surface area contributed by atoms with E-state index >= 15 is 0 Å². The Morgan fingerprint density at radius 2 is 2.29 bits per heavy atom. The summed E-state index contributed by atoms with van der Waals surface area (Å²) in [7, 11) is 2.01. The largest absolute Gasteiger partial charge is 0.352 e. The quantitative estimate of drug-likeness (QED) is 0.641. The number of hydrogen-bond donors (Lipinski definition) is 2. The highest BCUT2D eigenvalue weighted by molar-refractivity contribution is 7.10. The molecule has 0 spiro atoms. The van der Waals surface area contributed by atoms with Crippen LogP contribution < -0.4 is 16.2 Å². The van der Waals surface area contributed by atoms with Crippen LogP contribution in [0.5, 0.6) is 0 Å². The topological polar surface area (TPSA) is 67.1 Å². The third kappa shape index (κ3) is 2.54. The first-order valence-corrected chi connectivity index (χ1v) is 6.16. The molecule has 0 aliphatic rings. The molecule has 6 heteroatoms. The van der Waals surface area contributed by atoms with Crippen molar-refractivity contribution < 1.29 is 0 Å². The third-order valence-electron chi connectivity index (χ3n) is 2.67. The first kappa shape index (κ1) is 11.8.